The molecule has 0 N–H and O–H groups in total. The van der Waals surface area contributed by atoms with Gasteiger partial charge in [-0.2, -0.15) is 4.39 Å². The summed E-state index contributed by atoms with van der Waals surface area (Å²) in [6.07, 6.45) is 2.36. The molecular formula is C13H17FN2O2. The van der Waals surface area contributed by atoms with E-state index in [1.165, 1.54) is 25.0 Å². The molecule has 1 aliphatic rings. The summed E-state index contributed by atoms with van der Waals surface area (Å²) in [6, 6.07) is 4.16. The van der Waals surface area contributed by atoms with Crippen LogP contribution in [0.15, 0.2) is 18.2 Å². The highest BCUT2D eigenvalue weighted by Gasteiger charge is 2.21. The molecule has 1 fully saturated rings. The van der Waals surface area contributed by atoms with Gasteiger partial charge in [0.2, 0.25) is 5.82 Å². The number of rotatable bonds is 4. The third kappa shape index (κ3) is 2.85. The first-order chi connectivity index (χ1) is 8.60. The highest BCUT2D eigenvalue weighted by molar-refractivity contribution is 5.35. The highest BCUT2D eigenvalue weighted by Crippen LogP contribution is 2.23. The van der Waals surface area contributed by atoms with Crippen molar-refractivity contribution in [2.75, 3.05) is 13.1 Å². The fourth-order valence-corrected chi connectivity index (χ4v) is 2.44. The monoisotopic (exact) mass is 252 g/mol. The lowest BCUT2D eigenvalue weighted by molar-refractivity contribution is -0.387. The minimum atomic E-state index is -0.747. The van der Waals surface area contributed by atoms with Crippen LogP contribution in [0.1, 0.15) is 25.3 Å². The number of nitro groups is 1. The van der Waals surface area contributed by atoms with Gasteiger partial charge in [0.15, 0.2) is 0 Å². The average molecular weight is 252 g/mol. The fourth-order valence-electron chi connectivity index (χ4n) is 2.44. The molecule has 2 rings (SSSR count). The Morgan fingerprint density at radius 1 is 1.56 bits per heavy atom. The molecule has 1 aromatic rings. The molecule has 1 aliphatic heterocycles. The molecule has 1 unspecified atom stereocenters. The Kier molecular flexibility index (Phi) is 3.91. The van der Waals surface area contributed by atoms with E-state index in [1.54, 1.807) is 6.07 Å². The second-order valence-electron chi connectivity index (χ2n) is 4.84. The van der Waals surface area contributed by atoms with Gasteiger partial charge in [-0.25, -0.2) is 0 Å². The van der Waals surface area contributed by atoms with Crippen LogP contribution < -0.4 is 0 Å². The fraction of sp³-hybridized carbons (Fsp3) is 0.538. The van der Waals surface area contributed by atoms with Crippen molar-refractivity contribution in [2.24, 2.45) is 5.92 Å². The second kappa shape index (κ2) is 5.44. The van der Waals surface area contributed by atoms with Gasteiger partial charge in [-0.05, 0) is 30.5 Å². The molecule has 98 valence electrons. The molecule has 0 aromatic heterocycles. The van der Waals surface area contributed by atoms with Gasteiger partial charge < -0.3 is 0 Å². The zero-order chi connectivity index (χ0) is 13.1. The smallest absolute Gasteiger partial charge is 0.299 e. The molecule has 0 saturated carbocycles. The highest BCUT2D eigenvalue weighted by atomic mass is 19.1. The van der Waals surface area contributed by atoms with E-state index in [0.717, 1.165) is 24.6 Å². The van der Waals surface area contributed by atoms with Gasteiger partial charge in [0.05, 0.1) is 4.92 Å². The van der Waals surface area contributed by atoms with Gasteiger partial charge in [-0.3, -0.25) is 15.0 Å². The summed E-state index contributed by atoms with van der Waals surface area (Å²) < 4.78 is 13.5. The maximum absolute atomic E-state index is 13.5. The zero-order valence-electron chi connectivity index (χ0n) is 10.4. The Hall–Kier alpha value is -1.49. The Bertz CT molecular complexity index is 451. The van der Waals surface area contributed by atoms with Crippen molar-refractivity contribution in [2.45, 2.75) is 26.3 Å². The molecule has 1 heterocycles. The maximum Gasteiger partial charge on any atom is 0.304 e. The number of nitrogens with zero attached hydrogens (tertiary/aromatic N) is 2. The molecule has 0 radical (unpaired) electrons. The van der Waals surface area contributed by atoms with Crippen molar-refractivity contribution in [3.63, 3.8) is 0 Å². The largest absolute Gasteiger partial charge is 0.304 e. The van der Waals surface area contributed by atoms with E-state index in [4.69, 9.17) is 0 Å². The summed E-state index contributed by atoms with van der Waals surface area (Å²) in [5.74, 6) is -0.0170. The van der Waals surface area contributed by atoms with Crippen LogP contribution in [0.2, 0.25) is 0 Å². The van der Waals surface area contributed by atoms with Gasteiger partial charge in [0.25, 0.3) is 0 Å². The van der Waals surface area contributed by atoms with Crippen LogP contribution >= 0.6 is 0 Å². The van der Waals surface area contributed by atoms with Crippen molar-refractivity contribution in [3.8, 4) is 0 Å². The molecule has 5 heteroatoms. The Labute approximate surface area is 106 Å². The lowest BCUT2D eigenvalue weighted by Crippen LogP contribution is -2.20. The van der Waals surface area contributed by atoms with E-state index in [9.17, 15) is 14.5 Å². The van der Waals surface area contributed by atoms with Gasteiger partial charge >= 0.3 is 5.69 Å². The Balaban J connectivity index is 2.02. The predicted octanol–water partition coefficient (Wildman–Crippen LogP) is 2.97. The standard InChI is InChI=1S/C13H17FN2O2/c1-2-10-5-6-15(8-10)9-11-3-4-13(16(17)18)12(14)7-11/h3-4,7,10H,2,5-6,8-9H2,1H3. The number of likely N-dealkylation sites (tertiary alicyclic amines) is 1. The van der Waals surface area contributed by atoms with E-state index < -0.39 is 16.4 Å². The summed E-state index contributed by atoms with van der Waals surface area (Å²) in [6.45, 7) is 4.91. The van der Waals surface area contributed by atoms with Gasteiger partial charge in [0, 0.05) is 19.2 Å². The van der Waals surface area contributed by atoms with Crippen LogP contribution in [0.4, 0.5) is 10.1 Å². The zero-order valence-corrected chi connectivity index (χ0v) is 10.4. The van der Waals surface area contributed by atoms with Crippen LogP contribution in [0.5, 0.6) is 0 Å². The van der Waals surface area contributed by atoms with E-state index in [1.807, 2.05) is 0 Å². The van der Waals surface area contributed by atoms with E-state index in [2.05, 4.69) is 11.8 Å². The summed E-state index contributed by atoms with van der Waals surface area (Å²) >= 11 is 0. The summed E-state index contributed by atoms with van der Waals surface area (Å²) in [4.78, 5) is 12.1. The van der Waals surface area contributed by atoms with Crippen molar-refractivity contribution in [1.82, 2.24) is 4.90 Å². The Morgan fingerprint density at radius 3 is 2.89 bits per heavy atom. The molecule has 18 heavy (non-hydrogen) atoms. The summed E-state index contributed by atoms with van der Waals surface area (Å²) in [5, 5.41) is 10.5. The van der Waals surface area contributed by atoms with E-state index >= 15 is 0 Å². The molecule has 0 aliphatic carbocycles. The number of hydrogen-bond acceptors (Lipinski definition) is 3. The van der Waals surface area contributed by atoms with Crippen molar-refractivity contribution in [3.05, 3.63) is 39.7 Å². The van der Waals surface area contributed by atoms with Crippen LogP contribution in [0.3, 0.4) is 0 Å². The molecule has 4 nitrogen and oxygen atoms in total. The molecule has 1 saturated heterocycles. The van der Waals surface area contributed by atoms with Crippen LogP contribution in [0, 0.1) is 21.8 Å². The van der Waals surface area contributed by atoms with Crippen molar-refractivity contribution >= 4 is 5.69 Å². The molecule has 0 spiro atoms. The van der Waals surface area contributed by atoms with Crippen molar-refractivity contribution in [1.29, 1.82) is 0 Å². The molecule has 1 aromatic carbocycles. The molecule has 0 bridgehead atoms. The normalized spacial score (nSPS) is 20.2. The average Bonchev–Trinajstić information content (AvgIpc) is 2.76. The number of benzene rings is 1. The minimum absolute atomic E-state index is 0.452. The first kappa shape index (κ1) is 13.0. The lowest BCUT2D eigenvalue weighted by atomic mass is 10.1. The number of nitro benzene ring substituents is 1. The minimum Gasteiger partial charge on any atom is -0.299 e. The van der Waals surface area contributed by atoms with Gasteiger partial charge in [-0.1, -0.05) is 19.4 Å². The van der Waals surface area contributed by atoms with Gasteiger partial charge in [-0.15, -0.1) is 0 Å². The summed E-state index contributed by atoms with van der Waals surface area (Å²) in [5.41, 5.74) is 0.349. The Morgan fingerprint density at radius 2 is 2.33 bits per heavy atom. The molecule has 1 atom stereocenters. The number of hydrogen-bond donors (Lipinski definition) is 0. The lowest BCUT2D eigenvalue weighted by Gasteiger charge is -2.15. The molecule has 0 amide bonds. The maximum atomic E-state index is 13.5. The van der Waals surface area contributed by atoms with E-state index in [-0.39, 0.29) is 0 Å². The summed E-state index contributed by atoms with van der Waals surface area (Å²) in [7, 11) is 0. The van der Waals surface area contributed by atoms with E-state index in [0.29, 0.717) is 6.54 Å². The second-order valence-corrected chi connectivity index (χ2v) is 4.84. The van der Waals surface area contributed by atoms with Crippen LogP contribution in [-0.4, -0.2) is 22.9 Å². The third-order valence-corrected chi connectivity index (χ3v) is 3.56. The van der Waals surface area contributed by atoms with Crippen LogP contribution in [0.25, 0.3) is 0 Å². The predicted molar refractivity (Wildman–Crippen MR) is 66.7 cm³/mol. The van der Waals surface area contributed by atoms with Crippen LogP contribution in [-0.2, 0) is 6.54 Å². The molecular weight excluding hydrogens is 235 g/mol. The van der Waals surface area contributed by atoms with Crippen molar-refractivity contribution < 1.29 is 9.31 Å². The quantitative estimate of drug-likeness (QED) is 0.611. The topological polar surface area (TPSA) is 46.4 Å². The third-order valence-electron chi connectivity index (χ3n) is 3.56. The van der Waals surface area contributed by atoms with Gasteiger partial charge in [0.1, 0.15) is 0 Å². The first-order valence-electron chi connectivity index (χ1n) is 6.25. The SMILES string of the molecule is CCC1CCN(Cc2ccc([N+](=O)[O-])c(F)c2)C1. The number of halogens is 1. The first-order valence-corrected chi connectivity index (χ1v) is 6.25.